The summed E-state index contributed by atoms with van der Waals surface area (Å²) in [4.78, 5) is 0. The molecule has 4 heteroatoms. The molecule has 1 aliphatic rings. The zero-order valence-corrected chi connectivity index (χ0v) is 11.5. The zero-order chi connectivity index (χ0) is 12.4. The van der Waals surface area contributed by atoms with Crippen LogP contribution in [0.1, 0.15) is 24.0 Å². The van der Waals surface area contributed by atoms with E-state index in [0.29, 0.717) is 10.4 Å². The Bertz CT molecular complexity index is 414. The summed E-state index contributed by atoms with van der Waals surface area (Å²) in [6, 6.07) is 1.64. The topological polar surface area (TPSA) is 52.5 Å². The van der Waals surface area contributed by atoms with Crippen molar-refractivity contribution in [2.75, 3.05) is 13.1 Å². The minimum absolute atomic E-state index is 0.0421. The molecule has 2 rings (SSSR count). The molecule has 0 radical (unpaired) electrons. The first-order chi connectivity index (χ1) is 8.09. The van der Waals surface area contributed by atoms with Gasteiger partial charge in [0.15, 0.2) is 11.5 Å². The quantitative estimate of drug-likeness (QED) is 0.736. The predicted octanol–water partition coefficient (Wildman–Crippen LogP) is 2.71. The number of hydrogen-bond acceptors (Lipinski definition) is 3. The molecule has 1 fully saturated rings. The number of nitrogens with one attached hydrogen (secondary N) is 1. The maximum atomic E-state index is 9.73. The maximum absolute atomic E-state index is 9.73. The number of hydrogen-bond donors (Lipinski definition) is 3. The first-order valence-corrected chi connectivity index (χ1v) is 6.79. The summed E-state index contributed by atoms with van der Waals surface area (Å²) < 4.78 is 0.647. The maximum Gasteiger partial charge on any atom is 0.172 e. The Labute approximate surface area is 110 Å². The van der Waals surface area contributed by atoms with E-state index in [1.54, 1.807) is 6.07 Å². The van der Waals surface area contributed by atoms with Crippen molar-refractivity contribution in [1.82, 2.24) is 5.32 Å². The lowest BCUT2D eigenvalue weighted by molar-refractivity contribution is 0.369. The lowest BCUT2D eigenvalue weighted by atomic mass is 9.89. The molecule has 0 spiro atoms. The summed E-state index contributed by atoms with van der Waals surface area (Å²) in [6.07, 6.45) is 3.31. The standard InChI is InChI=1S/C13H18BrNO2/c1-8-6-11(16)13(17)12(14)10(8)7-9-2-4-15-5-3-9/h6,9,15-17H,2-5,7H2,1H3. The smallest absolute Gasteiger partial charge is 0.172 e. The molecule has 1 aromatic carbocycles. The van der Waals surface area contributed by atoms with Crippen LogP contribution in [-0.4, -0.2) is 23.3 Å². The van der Waals surface area contributed by atoms with Gasteiger partial charge in [0.2, 0.25) is 0 Å². The van der Waals surface area contributed by atoms with Gasteiger partial charge in [-0.1, -0.05) is 0 Å². The third-order valence-corrected chi connectivity index (χ3v) is 4.35. The highest BCUT2D eigenvalue weighted by Crippen LogP contribution is 2.39. The van der Waals surface area contributed by atoms with Gasteiger partial charge in [-0.3, -0.25) is 0 Å². The van der Waals surface area contributed by atoms with Gasteiger partial charge in [-0.05, 0) is 78.3 Å². The van der Waals surface area contributed by atoms with Crippen molar-refractivity contribution in [3.63, 3.8) is 0 Å². The van der Waals surface area contributed by atoms with E-state index in [1.165, 1.54) is 12.8 Å². The van der Waals surface area contributed by atoms with Crippen LogP contribution in [0.15, 0.2) is 10.5 Å². The summed E-state index contributed by atoms with van der Waals surface area (Å²) in [5, 5.41) is 22.6. The molecule has 17 heavy (non-hydrogen) atoms. The Morgan fingerprint density at radius 1 is 1.35 bits per heavy atom. The van der Waals surface area contributed by atoms with Gasteiger partial charge in [0.25, 0.3) is 0 Å². The van der Waals surface area contributed by atoms with Crippen LogP contribution in [0.3, 0.4) is 0 Å². The Hall–Kier alpha value is -0.740. The van der Waals surface area contributed by atoms with Gasteiger partial charge in [0.1, 0.15) is 0 Å². The first kappa shape index (κ1) is 12.7. The predicted molar refractivity (Wildman–Crippen MR) is 71.5 cm³/mol. The second-order valence-electron chi connectivity index (χ2n) is 4.75. The van der Waals surface area contributed by atoms with Crippen molar-refractivity contribution >= 4 is 15.9 Å². The molecular formula is C13H18BrNO2. The van der Waals surface area contributed by atoms with Gasteiger partial charge in [-0.25, -0.2) is 0 Å². The van der Waals surface area contributed by atoms with E-state index in [4.69, 9.17) is 0 Å². The number of rotatable bonds is 2. The van der Waals surface area contributed by atoms with Gasteiger partial charge in [-0.15, -0.1) is 0 Å². The largest absolute Gasteiger partial charge is 0.504 e. The van der Waals surface area contributed by atoms with Crippen molar-refractivity contribution < 1.29 is 10.2 Å². The Balaban J connectivity index is 2.22. The minimum Gasteiger partial charge on any atom is -0.504 e. The van der Waals surface area contributed by atoms with Crippen LogP contribution in [0.25, 0.3) is 0 Å². The molecule has 0 bridgehead atoms. The van der Waals surface area contributed by atoms with Crippen LogP contribution in [0.4, 0.5) is 0 Å². The Kier molecular flexibility index (Phi) is 3.94. The van der Waals surface area contributed by atoms with Crippen molar-refractivity contribution in [2.45, 2.75) is 26.2 Å². The molecule has 1 aromatic rings. The molecule has 94 valence electrons. The molecule has 0 aliphatic carbocycles. The summed E-state index contributed by atoms with van der Waals surface area (Å²) in [5.74, 6) is 0.568. The van der Waals surface area contributed by atoms with E-state index < -0.39 is 0 Å². The summed E-state index contributed by atoms with van der Waals surface area (Å²) in [6.45, 7) is 4.12. The average molecular weight is 300 g/mol. The van der Waals surface area contributed by atoms with E-state index in [9.17, 15) is 10.2 Å². The number of phenols is 2. The lowest BCUT2D eigenvalue weighted by Gasteiger charge is -2.24. The molecule has 1 heterocycles. The van der Waals surface area contributed by atoms with Crippen molar-refractivity contribution in [1.29, 1.82) is 0 Å². The average Bonchev–Trinajstić information content (AvgIpc) is 2.33. The molecule has 3 N–H and O–H groups in total. The summed E-state index contributed by atoms with van der Waals surface area (Å²) in [7, 11) is 0. The van der Waals surface area contributed by atoms with Crippen molar-refractivity contribution in [2.24, 2.45) is 5.92 Å². The van der Waals surface area contributed by atoms with Crippen LogP contribution in [0.2, 0.25) is 0 Å². The number of halogens is 1. The number of aryl methyl sites for hydroxylation is 1. The number of phenolic OH excluding ortho intramolecular Hbond substituents is 2. The minimum atomic E-state index is -0.0524. The summed E-state index contributed by atoms with van der Waals surface area (Å²) in [5.41, 5.74) is 2.15. The summed E-state index contributed by atoms with van der Waals surface area (Å²) >= 11 is 3.38. The van der Waals surface area contributed by atoms with E-state index in [1.807, 2.05) is 6.92 Å². The fourth-order valence-electron chi connectivity index (χ4n) is 2.41. The fraction of sp³-hybridized carbons (Fsp3) is 0.538. The van der Waals surface area contributed by atoms with Crippen molar-refractivity contribution in [3.8, 4) is 11.5 Å². The number of benzene rings is 1. The monoisotopic (exact) mass is 299 g/mol. The third-order valence-electron chi connectivity index (χ3n) is 3.50. The molecule has 0 amide bonds. The van der Waals surface area contributed by atoms with Gasteiger partial charge in [0.05, 0.1) is 4.47 Å². The molecule has 0 aromatic heterocycles. The molecule has 3 nitrogen and oxygen atoms in total. The highest BCUT2D eigenvalue weighted by Gasteiger charge is 2.19. The zero-order valence-electron chi connectivity index (χ0n) is 9.96. The molecule has 0 saturated carbocycles. The van der Waals surface area contributed by atoms with E-state index in [-0.39, 0.29) is 11.5 Å². The van der Waals surface area contributed by atoms with E-state index >= 15 is 0 Å². The normalized spacial score (nSPS) is 17.3. The second-order valence-corrected chi connectivity index (χ2v) is 5.54. The molecule has 1 aliphatic heterocycles. The van der Waals surface area contributed by atoms with Gasteiger partial charge < -0.3 is 15.5 Å². The van der Waals surface area contributed by atoms with E-state index in [2.05, 4.69) is 21.2 Å². The van der Waals surface area contributed by atoms with E-state index in [0.717, 1.165) is 30.6 Å². The highest BCUT2D eigenvalue weighted by molar-refractivity contribution is 9.10. The number of piperidine rings is 1. The third kappa shape index (κ3) is 2.75. The molecule has 0 unspecified atom stereocenters. The number of aromatic hydroxyl groups is 2. The fourth-order valence-corrected chi connectivity index (χ4v) is 3.09. The van der Waals surface area contributed by atoms with Gasteiger partial charge in [0, 0.05) is 0 Å². The van der Waals surface area contributed by atoms with Crippen LogP contribution < -0.4 is 5.32 Å². The van der Waals surface area contributed by atoms with Gasteiger partial charge in [-0.2, -0.15) is 0 Å². The Morgan fingerprint density at radius 2 is 2.00 bits per heavy atom. The van der Waals surface area contributed by atoms with Gasteiger partial charge >= 0.3 is 0 Å². The van der Waals surface area contributed by atoms with Crippen LogP contribution in [0, 0.1) is 12.8 Å². The van der Waals surface area contributed by atoms with Crippen molar-refractivity contribution in [3.05, 3.63) is 21.7 Å². The Morgan fingerprint density at radius 3 is 2.65 bits per heavy atom. The highest BCUT2D eigenvalue weighted by atomic mass is 79.9. The first-order valence-electron chi connectivity index (χ1n) is 6.00. The molecule has 1 saturated heterocycles. The van der Waals surface area contributed by atoms with Crippen LogP contribution in [0.5, 0.6) is 11.5 Å². The lowest BCUT2D eigenvalue weighted by Crippen LogP contribution is -2.28. The molecule has 0 atom stereocenters. The van der Waals surface area contributed by atoms with Crippen LogP contribution >= 0.6 is 15.9 Å². The molecular weight excluding hydrogens is 282 g/mol. The van der Waals surface area contributed by atoms with Crippen LogP contribution in [-0.2, 0) is 6.42 Å². The second kappa shape index (κ2) is 5.27. The SMILES string of the molecule is Cc1cc(O)c(O)c(Br)c1CC1CCNCC1.